The summed E-state index contributed by atoms with van der Waals surface area (Å²) in [6.07, 6.45) is 8.67. The molecule has 0 bridgehead atoms. The molecule has 2 rings (SSSR count). The molecule has 0 saturated heterocycles. The Morgan fingerprint density at radius 3 is 2.50 bits per heavy atom. The van der Waals surface area contributed by atoms with Gasteiger partial charge in [0.05, 0.1) is 5.76 Å². The maximum atomic E-state index is 10.0. The SMILES string of the molecule is C1=C[N-]B(c2ccccn2)C=C1.CC(=O)/C=C(/C)O.[Ir]. The molecule has 6 heteroatoms. The number of rotatable bonds is 2. The standard InChI is InChI=1S/C9H8BN2.C5H8O2.Ir/c1-3-7-11-9(5-1)10-6-2-4-8-12-10;1-4(6)3-5(2)7;/h1-8H;3,6H,1-2H3;/q-1;;/b;4-3-;. The molecule has 0 amide bonds. The van der Waals surface area contributed by atoms with Crippen LogP contribution in [0.4, 0.5) is 0 Å². The molecule has 0 fully saturated rings. The zero-order valence-electron chi connectivity index (χ0n) is 11.4. The zero-order chi connectivity index (χ0) is 14.1. The van der Waals surface area contributed by atoms with Gasteiger partial charge >= 0.3 is 0 Å². The number of aliphatic hydroxyl groups is 1. The molecule has 107 valence electrons. The molecule has 1 N–H and O–H groups in total. The molecule has 2 heterocycles. The average molecular weight is 447 g/mol. The van der Waals surface area contributed by atoms with E-state index in [2.05, 4.69) is 10.2 Å². The Bertz CT molecular complexity index is 497. The van der Waals surface area contributed by atoms with Gasteiger partial charge in [-0.15, -0.1) is 5.98 Å². The number of aliphatic hydroxyl groups excluding tert-OH is 1. The number of carbonyl (C=O) groups excluding carboxylic acids is 1. The smallest absolute Gasteiger partial charge is 0.155 e. The van der Waals surface area contributed by atoms with Crippen LogP contribution in [0.15, 0.2) is 60.6 Å². The minimum Gasteiger partial charge on any atom is -0.704 e. The van der Waals surface area contributed by atoms with Crippen LogP contribution in [0.1, 0.15) is 13.8 Å². The molecule has 1 aromatic heterocycles. The van der Waals surface area contributed by atoms with Gasteiger partial charge in [-0.05, 0) is 25.5 Å². The number of carbonyl (C=O) groups is 1. The third kappa shape index (κ3) is 7.72. The van der Waals surface area contributed by atoms with Gasteiger partial charge in [0.15, 0.2) is 5.78 Å². The van der Waals surface area contributed by atoms with E-state index in [1.165, 1.54) is 19.9 Å². The summed E-state index contributed by atoms with van der Waals surface area (Å²) in [6.45, 7) is 2.96. The third-order valence-electron chi connectivity index (χ3n) is 2.14. The van der Waals surface area contributed by atoms with Crippen molar-refractivity contribution in [1.82, 2.24) is 4.98 Å². The van der Waals surface area contributed by atoms with Gasteiger partial charge in [-0.25, -0.2) is 0 Å². The zero-order valence-corrected chi connectivity index (χ0v) is 13.8. The van der Waals surface area contributed by atoms with E-state index in [1.807, 2.05) is 36.3 Å². The van der Waals surface area contributed by atoms with Crippen molar-refractivity contribution in [2.45, 2.75) is 13.8 Å². The maximum absolute atomic E-state index is 10.0. The Morgan fingerprint density at radius 2 is 2.10 bits per heavy atom. The molecular weight excluding hydrogens is 431 g/mol. The fourth-order valence-corrected chi connectivity index (χ4v) is 1.43. The van der Waals surface area contributed by atoms with Crippen molar-refractivity contribution in [2.24, 2.45) is 0 Å². The summed E-state index contributed by atoms with van der Waals surface area (Å²) in [5.74, 6) is 1.97. The minimum absolute atomic E-state index is 0. The Balaban J connectivity index is 0.000000396. The first-order chi connectivity index (χ1) is 9.09. The van der Waals surface area contributed by atoms with Gasteiger partial charge in [-0.1, -0.05) is 24.3 Å². The normalized spacial score (nSPS) is 12.7. The topological polar surface area (TPSA) is 64.3 Å². The van der Waals surface area contributed by atoms with Crippen molar-refractivity contribution in [3.8, 4) is 0 Å². The quantitative estimate of drug-likeness (QED) is 0.430. The van der Waals surface area contributed by atoms with Gasteiger partial charge in [-0.3, -0.25) is 9.78 Å². The minimum atomic E-state index is -0.125. The van der Waals surface area contributed by atoms with E-state index in [9.17, 15) is 4.79 Å². The van der Waals surface area contributed by atoms with Crippen LogP contribution in [0.3, 0.4) is 0 Å². The maximum Gasteiger partial charge on any atom is 0.155 e. The van der Waals surface area contributed by atoms with Crippen molar-refractivity contribution in [2.75, 3.05) is 0 Å². The van der Waals surface area contributed by atoms with Crippen LogP contribution in [-0.4, -0.2) is 22.7 Å². The average Bonchev–Trinajstić information content (AvgIpc) is 2.40. The molecule has 1 aliphatic rings. The van der Waals surface area contributed by atoms with Gasteiger partial charge in [0, 0.05) is 32.4 Å². The molecule has 0 atom stereocenters. The second kappa shape index (κ2) is 10.2. The molecule has 0 spiro atoms. The molecule has 1 aliphatic heterocycles. The molecule has 4 nitrogen and oxygen atoms in total. The van der Waals surface area contributed by atoms with E-state index in [0.29, 0.717) is 0 Å². The Labute approximate surface area is 133 Å². The molecule has 20 heavy (non-hydrogen) atoms. The largest absolute Gasteiger partial charge is 0.704 e. The summed E-state index contributed by atoms with van der Waals surface area (Å²) in [6, 6.07) is 5.87. The summed E-state index contributed by atoms with van der Waals surface area (Å²) in [7, 11) is 0. The second-order valence-electron chi connectivity index (χ2n) is 3.97. The number of aromatic nitrogens is 1. The van der Waals surface area contributed by atoms with Crippen molar-refractivity contribution in [1.29, 1.82) is 0 Å². The third-order valence-corrected chi connectivity index (χ3v) is 2.14. The number of pyridine rings is 1. The summed E-state index contributed by atoms with van der Waals surface area (Å²) in [4.78, 5) is 14.2. The van der Waals surface area contributed by atoms with Crippen molar-refractivity contribution >= 4 is 18.2 Å². The van der Waals surface area contributed by atoms with E-state index in [0.717, 1.165) is 5.59 Å². The van der Waals surface area contributed by atoms with Crippen LogP contribution in [0, 0.1) is 0 Å². The summed E-state index contributed by atoms with van der Waals surface area (Å²) in [5, 5.41) is 12.6. The van der Waals surface area contributed by atoms with Gasteiger partial charge in [0.2, 0.25) is 0 Å². The van der Waals surface area contributed by atoms with Crippen LogP contribution < -0.4 is 5.59 Å². The Hall–Kier alpha value is -1.65. The number of allylic oxidation sites excluding steroid dienone is 4. The predicted molar refractivity (Wildman–Crippen MR) is 78.3 cm³/mol. The van der Waals surface area contributed by atoms with Crippen LogP contribution in [-0.2, 0) is 24.9 Å². The first kappa shape index (κ1) is 18.4. The van der Waals surface area contributed by atoms with Crippen molar-refractivity contribution < 1.29 is 30.0 Å². The number of hydrogen-bond acceptors (Lipinski definition) is 3. The van der Waals surface area contributed by atoms with E-state index < -0.39 is 0 Å². The number of ketones is 1. The van der Waals surface area contributed by atoms with Gasteiger partial charge < -0.3 is 10.3 Å². The first-order valence-electron chi connectivity index (χ1n) is 5.91. The Morgan fingerprint density at radius 1 is 1.35 bits per heavy atom. The van der Waals surface area contributed by atoms with Gasteiger partial charge in [-0.2, -0.15) is 6.20 Å². The first-order valence-corrected chi connectivity index (χ1v) is 5.91. The van der Waals surface area contributed by atoms with Crippen LogP contribution in [0.25, 0.3) is 5.23 Å². The van der Waals surface area contributed by atoms with Gasteiger partial charge in [0.25, 0.3) is 0 Å². The summed E-state index contributed by atoms with van der Waals surface area (Å²) >= 11 is 0. The summed E-state index contributed by atoms with van der Waals surface area (Å²) in [5.41, 5.74) is 0.998. The van der Waals surface area contributed by atoms with Crippen LogP contribution in [0.5, 0.6) is 0 Å². The van der Waals surface area contributed by atoms with E-state index in [-0.39, 0.29) is 38.5 Å². The summed E-state index contributed by atoms with van der Waals surface area (Å²) < 4.78 is 0. The molecule has 0 aliphatic carbocycles. The number of nitrogens with zero attached hydrogens (tertiary/aromatic N) is 2. The number of hydrogen-bond donors (Lipinski definition) is 1. The van der Waals surface area contributed by atoms with Crippen molar-refractivity contribution in [3.05, 3.63) is 65.8 Å². The fraction of sp³-hybridized carbons (Fsp3) is 0.143. The molecule has 0 saturated carbocycles. The molecule has 1 radical (unpaired) electrons. The van der Waals surface area contributed by atoms with Crippen LogP contribution >= 0.6 is 0 Å². The van der Waals surface area contributed by atoms with Crippen molar-refractivity contribution in [3.63, 3.8) is 0 Å². The monoisotopic (exact) mass is 448 g/mol. The molecule has 1 aromatic rings. The second-order valence-corrected chi connectivity index (χ2v) is 3.97. The Kier molecular flexibility index (Phi) is 9.34. The van der Waals surface area contributed by atoms with E-state index in [4.69, 9.17) is 5.11 Å². The molecular formula is C14H16BIrN2O2-. The molecule has 0 unspecified atom stereocenters. The van der Waals surface area contributed by atoms with E-state index in [1.54, 1.807) is 12.4 Å². The fourth-order valence-electron chi connectivity index (χ4n) is 1.43. The van der Waals surface area contributed by atoms with E-state index >= 15 is 0 Å². The van der Waals surface area contributed by atoms with Crippen LogP contribution in [0.2, 0.25) is 0 Å². The van der Waals surface area contributed by atoms with Gasteiger partial charge in [0.1, 0.15) is 6.85 Å². The molecule has 0 aromatic carbocycles. The predicted octanol–water partition coefficient (Wildman–Crippen LogP) is 2.31.